The van der Waals surface area contributed by atoms with E-state index in [2.05, 4.69) is 0 Å². The Morgan fingerprint density at radius 3 is 2.46 bits per heavy atom. The molecule has 1 aromatic carbocycles. The quantitative estimate of drug-likeness (QED) is 0.416. The van der Waals surface area contributed by atoms with E-state index >= 15 is 0 Å². The summed E-state index contributed by atoms with van der Waals surface area (Å²) in [6, 6.07) is 6.95. The molecule has 2 heterocycles. The van der Waals surface area contributed by atoms with Gasteiger partial charge in [-0.1, -0.05) is 28.7 Å². The first-order valence-corrected chi connectivity index (χ1v) is 9.99. The zero-order chi connectivity index (χ0) is 19.7. The van der Waals surface area contributed by atoms with Crippen LogP contribution in [0.3, 0.4) is 0 Å². The number of hydrogen-bond donors (Lipinski definition) is 0. The zero-order valence-electron chi connectivity index (χ0n) is 16.0. The summed E-state index contributed by atoms with van der Waals surface area (Å²) in [4.78, 5) is 32.2. The number of benzene rings is 1. The fraction of sp³-hybridized carbons (Fsp3) is 0.333. The summed E-state index contributed by atoms with van der Waals surface area (Å²) in [5, 5.41) is 11.5. The lowest BCUT2D eigenvalue weighted by atomic mass is 10.1. The molecule has 0 unspecified atom stereocenters. The number of aromatic nitrogens is 1. The molecule has 10 heteroatoms. The molecule has 28 heavy (non-hydrogen) atoms. The average molecular weight is 441 g/mol. The number of aryl methyl sites for hydroxylation is 2. The Hall–Kier alpha value is -2.07. The van der Waals surface area contributed by atoms with Crippen LogP contribution in [-0.2, 0) is 0 Å². The summed E-state index contributed by atoms with van der Waals surface area (Å²) in [6.45, 7) is 5.17. The van der Waals surface area contributed by atoms with Crippen molar-refractivity contribution in [3.05, 3.63) is 50.4 Å². The molecule has 0 aliphatic carbocycles. The van der Waals surface area contributed by atoms with E-state index < -0.39 is 4.92 Å². The van der Waals surface area contributed by atoms with Gasteiger partial charge in [0.1, 0.15) is 0 Å². The van der Waals surface area contributed by atoms with E-state index in [0.717, 1.165) is 32.7 Å². The Balaban J connectivity index is 0.00000280. The molecule has 3 aromatic rings. The number of fused-ring (bicyclic) bond motifs is 1. The van der Waals surface area contributed by atoms with Crippen LogP contribution in [0.15, 0.2) is 24.3 Å². The third-order valence-corrected chi connectivity index (χ3v) is 6.37. The van der Waals surface area contributed by atoms with Crippen molar-refractivity contribution in [3.8, 4) is 0 Å². The van der Waals surface area contributed by atoms with Crippen molar-refractivity contribution in [2.45, 2.75) is 13.8 Å². The smallest absolute Gasteiger partial charge is 0.308 e. The van der Waals surface area contributed by atoms with Crippen molar-refractivity contribution < 1.29 is 9.72 Å². The van der Waals surface area contributed by atoms with Gasteiger partial charge in [0.2, 0.25) is 0 Å². The summed E-state index contributed by atoms with van der Waals surface area (Å²) in [6.07, 6.45) is 0. The van der Waals surface area contributed by atoms with Crippen molar-refractivity contribution in [1.29, 1.82) is 0 Å². The SMILES string of the molecule is Cc1ccc2sc(N(CCN(C)C)C(=O)c3ccc([N+](=O)[O-])s3)nc2c1C.Cl. The molecule has 0 bridgehead atoms. The molecule has 7 nitrogen and oxygen atoms in total. The third kappa shape index (κ3) is 4.49. The van der Waals surface area contributed by atoms with E-state index in [4.69, 9.17) is 4.98 Å². The summed E-state index contributed by atoms with van der Waals surface area (Å²) >= 11 is 2.35. The molecule has 0 saturated heterocycles. The van der Waals surface area contributed by atoms with E-state index in [-0.39, 0.29) is 23.3 Å². The second kappa shape index (κ2) is 8.95. The van der Waals surface area contributed by atoms with Crippen LogP contribution >= 0.6 is 35.1 Å². The maximum absolute atomic E-state index is 13.1. The average Bonchev–Trinajstić information content (AvgIpc) is 3.25. The van der Waals surface area contributed by atoms with Crippen LogP contribution in [0.5, 0.6) is 0 Å². The molecule has 0 atom stereocenters. The maximum atomic E-state index is 13.1. The summed E-state index contributed by atoms with van der Waals surface area (Å²) < 4.78 is 1.02. The standard InChI is InChI=1S/C18H20N4O3S2.ClH/c1-11-5-6-13-16(12(11)2)19-18(27-13)21(10-9-20(3)4)17(23)14-7-8-15(26-14)22(24)25;/h5-8H,9-10H2,1-4H3;1H. The number of hydrogen-bond acceptors (Lipinski definition) is 7. The number of nitrogens with zero attached hydrogens (tertiary/aromatic N) is 4. The highest BCUT2D eigenvalue weighted by Crippen LogP contribution is 2.34. The van der Waals surface area contributed by atoms with E-state index in [1.807, 2.05) is 45.0 Å². The molecule has 0 aliphatic heterocycles. The fourth-order valence-corrected chi connectivity index (χ4v) is 4.41. The summed E-state index contributed by atoms with van der Waals surface area (Å²) in [7, 11) is 3.87. The Bertz CT molecular complexity index is 1020. The predicted molar refractivity (Wildman–Crippen MR) is 118 cm³/mol. The molecule has 0 saturated carbocycles. The lowest BCUT2D eigenvalue weighted by molar-refractivity contribution is -0.380. The van der Waals surface area contributed by atoms with Gasteiger partial charge in [0.15, 0.2) is 5.13 Å². The Labute approximate surface area is 177 Å². The number of likely N-dealkylation sites (N-methyl/N-ethyl adjacent to an activating group) is 1. The number of anilines is 1. The number of halogens is 1. The van der Waals surface area contributed by atoms with Gasteiger partial charge < -0.3 is 4.90 Å². The second-order valence-corrected chi connectivity index (χ2v) is 8.58. The highest BCUT2D eigenvalue weighted by Gasteiger charge is 2.25. The van der Waals surface area contributed by atoms with Gasteiger partial charge in [-0.3, -0.25) is 19.8 Å². The molecule has 2 aromatic heterocycles. The number of amides is 1. The van der Waals surface area contributed by atoms with Gasteiger partial charge in [0.05, 0.1) is 20.0 Å². The largest absolute Gasteiger partial charge is 0.324 e. The van der Waals surface area contributed by atoms with Crippen LogP contribution in [0.2, 0.25) is 0 Å². The lowest BCUT2D eigenvalue weighted by Crippen LogP contribution is -2.36. The Kier molecular flexibility index (Phi) is 7.11. The van der Waals surface area contributed by atoms with E-state index in [0.29, 0.717) is 23.1 Å². The highest BCUT2D eigenvalue weighted by molar-refractivity contribution is 7.22. The van der Waals surface area contributed by atoms with Crippen molar-refractivity contribution in [2.24, 2.45) is 0 Å². The van der Waals surface area contributed by atoms with Gasteiger partial charge in [-0.2, -0.15) is 0 Å². The van der Waals surface area contributed by atoms with E-state index in [1.165, 1.54) is 23.5 Å². The Morgan fingerprint density at radius 1 is 1.14 bits per heavy atom. The maximum Gasteiger partial charge on any atom is 0.324 e. The first-order valence-electron chi connectivity index (χ1n) is 8.35. The van der Waals surface area contributed by atoms with E-state index in [1.54, 1.807) is 4.90 Å². The molecule has 0 N–H and O–H groups in total. The van der Waals surface area contributed by atoms with Crippen molar-refractivity contribution in [3.63, 3.8) is 0 Å². The van der Waals surface area contributed by atoms with Gasteiger partial charge in [-0.15, -0.1) is 12.4 Å². The van der Waals surface area contributed by atoms with Gasteiger partial charge in [0, 0.05) is 19.2 Å². The predicted octanol–water partition coefficient (Wildman–Crippen LogP) is 4.51. The molecule has 0 fully saturated rings. The fourth-order valence-electron chi connectivity index (χ4n) is 2.59. The number of rotatable bonds is 6. The third-order valence-electron chi connectivity index (χ3n) is 4.30. The lowest BCUT2D eigenvalue weighted by Gasteiger charge is -2.21. The molecule has 0 radical (unpaired) electrons. The number of carbonyl (C=O) groups excluding carboxylic acids is 1. The normalized spacial score (nSPS) is 10.9. The van der Waals surface area contributed by atoms with Gasteiger partial charge >= 0.3 is 5.00 Å². The highest BCUT2D eigenvalue weighted by atomic mass is 35.5. The van der Waals surface area contributed by atoms with Gasteiger partial charge in [-0.25, -0.2) is 4.98 Å². The van der Waals surface area contributed by atoms with Crippen LogP contribution in [0.25, 0.3) is 10.2 Å². The van der Waals surface area contributed by atoms with Crippen LogP contribution in [0, 0.1) is 24.0 Å². The zero-order valence-corrected chi connectivity index (χ0v) is 18.4. The number of carbonyl (C=O) groups is 1. The first-order chi connectivity index (χ1) is 12.8. The first kappa shape index (κ1) is 22.2. The minimum absolute atomic E-state index is 0. The summed E-state index contributed by atoms with van der Waals surface area (Å²) in [5.41, 5.74) is 3.15. The molecular weight excluding hydrogens is 420 g/mol. The van der Waals surface area contributed by atoms with Crippen LogP contribution < -0.4 is 4.90 Å². The van der Waals surface area contributed by atoms with Crippen LogP contribution in [-0.4, -0.2) is 47.9 Å². The van der Waals surface area contributed by atoms with Crippen LogP contribution in [0.1, 0.15) is 20.8 Å². The molecule has 0 spiro atoms. The number of thiazole rings is 1. The van der Waals surface area contributed by atoms with Crippen molar-refractivity contribution >= 4 is 61.3 Å². The van der Waals surface area contributed by atoms with Gasteiger partial charge in [-0.05, 0) is 51.2 Å². The molecular formula is C18H21ClN4O3S2. The van der Waals surface area contributed by atoms with Crippen molar-refractivity contribution in [1.82, 2.24) is 9.88 Å². The van der Waals surface area contributed by atoms with E-state index in [9.17, 15) is 14.9 Å². The summed E-state index contributed by atoms with van der Waals surface area (Å²) in [5.74, 6) is -0.261. The second-order valence-electron chi connectivity index (χ2n) is 6.51. The number of thiophene rings is 1. The molecule has 1 amide bonds. The topological polar surface area (TPSA) is 79.6 Å². The molecule has 3 rings (SSSR count). The molecule has 0 aliphatic rings. The minimum atomic E-state index is -0.477. The minimum Gasteiger partial charge on any atom is -0.308 e. The Morgan fingerprint density at radius 2 is 1.86 bits per heavy atom. The van der Waals surface area contributed by atoms with Gasteiger partial charge in [0.25, 0.3) is 5.91 Å². The molecule has 150 valence electrons. The van der Waals surface area contributed by atoms with Crippen molar-refractivity contribution in [2.75, 3.05) is 32.1 Å². The van der Waals surface area contributed by atoms with Crippen LogP contribution in [0.4, 0.5) is 10.1 Å². The number of nitro groups is 1. The monoisotopic (exact) mass is 440 g/mol.